The second kappa shape index (κ2) is 11.4. The van der Waals surface area contributed by atoms with E-state index in [1.54, 1.807) is 44.0 Å². The number of hydrogen-bond acceptors (Lipinski definition) is 5. The lowest BCUT2D eigenvalue weighted by molar-refractivity contribution is -0.156. The van der Waals surface area contributed by atoms with E-state index in [1.165, 1.54) is 24.2 Å². The fourth-order valence-corrected chi connectivity index (χ4v) is 5.42. The summed E-state index contributed by atoms with van der Waals surface area (Å²) in [5, 5.41) is 3.14. The Bertz CT molecular complexity index is 1010. The first-order valence-electron chi connectivity index (χ1n) is 12.7. The molecule has 0 spiro atoms. The molecule has 2 aromatic rings. The van der Waals surface area contributed by atoms with Gasteiger partial charge in [-0.25, -0.2) is 4.79 Å². The molecule has 1 saturated heterocycles. The van der Waals surface area contributed by atoms with Gasteiger partial charge in [0.2, 0.25) is 5.91 Å². The van der Waals surface area contributed by atoms with Crippen LogP contribution in [0.25, 0.3) is 0 Å². The number of pyridine rings is 2. The van der Waals surface area contributed by atoms with E-state index in [1.807, 2.05) is 12.1 Å². The summed E-state index contributed by atoms with van der Waals surface area (Å²) in [6.45, 7) is 2.11. The van der Waals surface area contributed by atoms with Crippen molar-refractivity contribution < 1.29 is 14.4 Å². The molecule has 35 heavy (non-hydrogen) atoms. The van der Waals surface area contributed by atoms with Crippen molar-refractivity contribution >= 4 is 23.5 Å². The van der Waals surface area contributed by atoms with Gasteiger partial charge in [0, 0.05) is 43.6 Å². The number of likely N-dealkylation sites (tertiary alicyclic amines) is 1. The SMILES string of the molecule is CCC[C@@H](NC(=O)N1C(=O)[C@H](Cc2ccncc2)[C@H]1C(=O)N(C)c1ccncc1)C1CCCCC1. The van der Waals surface area contributed by atoms with Crippen LogP contribution in [0.1, 0.15) is 57.4 Å². The van der Waals surface area contributed by atoms with Crippen LogP contribution in [0.5, 0.6) is 0 Å². The van der Waals surface area contributed by atoms with E-state index in [4.69, 9.17) is 0 Å². The fraction of sp³-hybridized carbons (Fsp3) is 0.519. The number of carbonyl (C=O) groups excluding carboxylic acids is 3. The van der Waals surface area contributed by atoms with Gasteiger partial charge in [0.1, 0.15) is 6.04 Å². The van der Waals surface area contributed by atoms with Crippen LogP contribution in [0.2, 0.25) is 0 Å². The van der Waals surface area contributed by atoms with Gasteiger partial charge in [-0.1, -0.05) is 32.6 Å². The van der Waals surface area contributed by atoms with E-state index in [2.05, 4.69) is 22.2 Å². The third-order valence-electron chi connectivity index (χ3n) is 7.40. The normalized spacial score (nSPS) is 21.2. The minimum absolute atomic E-state index is 0.0218. The minimum Gasteiger partial charge on any atom is -0.335 e. The molecule has 1 aliphatic heterocycles. The topological polar surface area (TPSA) is 95.5 Å². The Hall–Kier alpha value is -3.29. The first-order valence-corrected chi connectivity index (χ1v) is 12.7. The van der Waals surface area contributed by atoms with E-state index >= 15 is 0 Å². The van der Waals surface area contributed by atoms with Crippen LogP contribution in [0, 0.1) is 11.8 Å². The second-order valence-electron chi connectivity index (χ2n) is 9.66. The lowest BCUT2D eigenvalue weighted by Gasteiger charge is -2.46. The summed E-state index contributed by atoms with van der Waals surface area (Å²) in [6, 6.07) is 5.86. The molecular weight excluding hydrogens is 442 g/mol. The predicted octanol–water partition coefficient (Wildman–Crippen LogP) is 3.97. The lowest BCUT2D eigenvalue weighted by atomic mass is 9.81. The van der Waals surface area contributed by atoms with Crippen molar-refractivity contribution in [2.24, 2.45) is 11.8 Å². The lowest BCUT2D eigenvalue weighted by Crippen LogP contribution is -2.71. The van der Waals surface area contributed by atoms with Crippen LogP contribution < -0.4 is 10.2 Å². The number of anilines is 1. The molecule has 2 aliphatic rings. The van der Waals surface area contributed by atoms with E-state index in [-0.39, 0.29) is 17.9 Å². The first kappa shape index (κ1) is 24.8. The maximum absolute atomic E-state index is 13.6. The smallest absolute Gasteiger partial charge is 0.325 e. The average Bonchev–Trinajstić information content (AvgIpc) is 2.90. The number of nitrogens with one attached hydrogen (secondary N) is 1. The zero-order valence-corrected chi connectivity index (χ0v) is 20.6. The van der Waals surface area contributed by atoms with Crippen LogP contribution in [0.15, 0.2) is 49.1 Å². The maximum Gasteiger partial charge on any atom is 0.325 e. The highest BCUT2D eigenvalue weighted by atomic mass is 16.2. The molecule has 3 heterocycles. The number of imide groups is 1. The van der Waals surface area contributed by atoms with Gasteiger partial charge in [-0.15, -0.1) is 0 Å². The minimum atomic E-state index is -0.859. The van der Waals surface area contributed by atoms with Crippen molar-refractivity contribution in [3.8, 4) is 0 Å². The average molecular weight is 478 g/mol. The monoisotopic (exact) mass is 477 g/mol. The van der Waals surface area contributed by atoms with Gasteiger partial charge < -0.3 is 10.2 Å². The molecule has 4 amide bonds. The number of amides is 4. The van der Waals surface area contributed by atoms with Crippen molar-refractivity contribution in [1.82, 2.24) is 20.2 Å². The number of urea groups is 1. The summed E-state index contributed by atoms with van der Waals surface area (Å²) >= 11 is 0. The van der Waals surface area contributed by atoms with Gasteiger partial charge in [0.25, 0.3) is 5.91 Å². The molecule has 1 aliphatic carbocycles. The summed E-state index contributed by atoms with van der Waals surface area (Å²) in [7, 11) is 1.67. The van der Waals surface area contributed by atoms with E-state index in [0.717, 1.165) is 36.1 Å². The van der Waals surface area contributed by atoms with Gasteiger partial charge in [-0.3, -0.25) is 24.5 Å². The molecule has 2 fully saturated rings. The molecule has 0 radical (unpaired) electrons. The number of likely N-dealkylation sites (N-methyl/N-ethyl adjacent to an activating group) is 1. The van der Waals surface area contributed by atoms with Crippen molar-refractivity contribution in [2.45, 2.75) is 70.4 Å². The molecule has 8 heteroatoms. The number of rotatable bonds is 8. The van der Waals surface area contributed by atoms with Gasteiger partial charge in [0.15, 0.2) is 0 Å². The molecular formula is C27H35N5O3. The highest BCUT2D eigenvalue weighted by Gasteiger charge is 2.55. The Labute approximate surface area is 207 Å². The summed E-state index contributed by atoms with van der Waals surface area (Å²) in [6.07, 6.45) is 14.5. The molecule has 0 unspecified atom stereocenters. The first-order chi connectivity index (χ1) is 17.0. The van der Waals surface area contributed by atoms with Gasteiger partial charge >= 0.3 is 6.03 Å². The van der Waals surface area contributed by atoms with Crippen molar-refractivity contribution in [2.75, 3.05) is 11.9 Å². The molecule has 4 rings (SSSR count). The molecule has 186 valence electrons. The Balaban J connectivity index is 1.55. The largest absolute Gasteiger partial charge is 0.335 e. The van der Waals surface area contributed by atoms with Crippen LogP contribution in [0.3, 0.4) is 0 Å². The number of carbonyl (C=O) groups is 3. The fourth-order valence-electron chi connectivity index (χ4n) is 5.42. The molecule has 0 aromatic carbocycles. The van der Waals surface area contributed by atoms with Crippen molar-refractivity contribution in [3.63, 3.8) is 0 Å². The third-order valence-corrected chi connectivity index (χ3v) is 7.40. The second-order valence-corrected chi connectivity index (χ2v) is 9.66. The highest BCUT2D eigenvalue weighted by Crippen LogP contribution is 2.34. The number of hydrogen-bond donors (Lipinski definition) is 1. The zero-order chi connectivity index (χ0) is 24.8. The van der Waals surface area contributed by atoms with Crippen molar-refractivity contribution in [1.29, 1.82) is 0 Å². The van der Waals surface area contributed by atoms with Crippen LogP contribution >= 0.6 is 0 Å². The van der Waals surface area contributed by atoms with Gasteiger partial charge in [-0.05, 0) is 61.4 Å². The van der Waals surface area contributed by atoms with Crippen LogP contribution in [-0.2, 0) is 16.0 Å². The highest BCUT2D eigenvalue weighted by molar-refractivity contribution is 6.12. The number of aromatic nitrogens is 2. The summed E-state index contributed by atoms with van der Waals surface area (Å²) in [5.41, 5.74) is 1.58. The van der Waals surface area contributed by atoms with Gasteiger partial charge in [0.05, 0.1) is 5.92 Å². The molecule has 8 nitrogen and oxygen atoms in total. The Morgan fingerprint density at radius 1 is 1.06 bits per heavy atom. The van der Waals surface area contributed by atoms with Gasteiger partial charge in [-0.2, -0.15) is 0 Å². The molecule has 1 saturated carbocycles. The summed E-state index contributed by atoms with van der Waals surface area (Å²) < 4.78 is 0. The van der Waals surface area contributed by atoms with E-state index < -0.39 is 18.0 Å². The Morgan fingerprint density at radius 2 is 1.69 bits per heavy atom. The molecule has 1 N–H and O–H groups in total. The molecule has 2 aromatic heterocycles. The molecule has 0 bridgehead atoms. The quantitative estimate of drug-likeness (QED) is 0.581. The number of β-lactam (4-membered cyclic amide) rings is 1. The third kappa shape index (κ3) is 5.52. The Morgan fingerprint density at radius 3 is 2.31 bits per heavy atom. The van der Waals surface area contributed by atoms with Crippen LogP contribution in [-0.4, -0.2) is 51.8 Å². The standard InChI is InChI=1S/C27H35N5O3/c1-3-7-23(20-8-5-4-6-9-20)30-27(35)32-24(26(34)31(2)21-12-16-29-17-13-21)22(25(32)33)18-19-10-14-28-15-11-19/h10-17,20,22-24H,3-9,18H2,1-2H3,(H,30,35)/t22-,23-,24+/m1/s1. The maximum atomic E-state index is 13.6. The summed E-state index contributed by atoms with van der Waals surface area (Å²) in [5.74, 6) is -0.765. The molecule has 3 atom stereocenters. The van der Waals surface area contributed by atoms with Crippen molar-refractivity contribution in [3.05, 3.63) is 54.6 Å². The zero-order valence-electron chi connectivity index (χ0n) is 20.6. The van der Waals surface area contributed by atoms with Crippen LogP contribution in [0.4, 0.5) is 10.5 Å². The Kier molecular flexibility index (Phi) is 8.10. The predicted molar refractivity (Wildman–Crippen MR) is 134 cm³/mol. The van der Waals surface area contributed by atoms with E-state index in [0.29, 0.717) is 18.0 Å². The number of nitrogens with zero attached hydrogens (tertiary/aromatic N) is 4. The summed E-state index contributed by atoms with van der Waals surface area (Å²) in [4.78, 5) is 51.0. The van der Waals surface area contributed by atoms with E-state index in [9.17, 15) is 14.4 Å².